The maximum absolute atomic E-state index is 12.0. The van der Waals surface area contributed by atoms with Gasteiger partial charge in [0.15, 0.2) is 0 Å². The summed E-state index contributed by atoms with van der Waals surface area (Å²) in [5.41, 5.74) is 5.92. The Bertz CT molecular complexity index is 294. The van der Waals surface area contributed by atoms with E-state index < -0.39 is 0 Å². The Balaban J connectivity index is 2.28. The first-order chi connectivity index (χ1) is 8.52. The molecule has 1 fully saturated rings. The van der Waals surface area contributed by atoms with Gasteiger partial charge in [-0.15, -0.1) is 0 Å². The number of carbonyl (C=O) groups is 2. The molecule has 3 N–H and O–H groups in total. The van der Waals surface area contributed by atoms with E-state index in [2.05, 4.69) is 5.32 Å². The highest BCUT2D eigenvalue weighted by atomic mass is 16.2. The van der Waals surface area contributed by atoms with E-state index in [9.17, 15) is 9.59 Å². The summed E-state index contributed by atoms with van der Waals surface area (Å²) >= 11 is 0. The third-order valence-corrected chi connectivity index (χ3v) is 3.67. The number of hydrogen-bond acceptors (Lipinski definition) is 3. The van der Waals surface area contributed by atoms with E-state index in [-0.39, 0.29) is 17.9 Å². The van der Waals surface area contributed by atoms with E-state index in [1.54, 1.807) is 19.0 Å². The third-order valence-electron chi connectivity index (χ3n) is 3.67. The molecule has 0 aliphatic heterocycles. The SMILES string of the molecule is CNC(=O)CCN(C)C(=O)CC1CCCC(N)C1. The Hall–Kier alpha value is -1.10. The number of hydrogen-bond donors (Lipinski definition) is 2. The number of nitrogens with zero attached hydrogens (tertiary/aromatic N) is 1. The highest BCUT2D eigenvalue weighted by Gasteiger charge is 2.23. The van der Waals surface area contributed by atoms with Crippen molar-refractivity contribution in [1.82, 2.24) is 10.2 Å². The molecule has 2 atom stereocenters. The minimum Gasteiger partial charge on any atom is -0.359 e. The lowest BCUT2D eigenvalue weighted by Gasteiger charge is -2.27. The van der Waals surface area contributed by atoms with E-state index in [0.717, 1.165) is 25.7 Å². The number of carbonyl (C=O) groups excluding carboxylic acids is 2. The standard InChI is InChI=1S/C13H25N3O2/c1-15-12(17)6-7-16(2)13(18)9-10-4-3-5-11(14)8-10/h10-11H,3-9,14H2,1-2H3,(H,15,17). The fourth-order valence-corrected chi connectivity index (χ4v) is 2.44. The van der Waals surface area contributed by atoms with Gasteiger partial charge in [-0.25, -0.2) is 0 Å². The summed E-state index contributed by atoms with van der Waals surface area (Å²) in [6.07, 6.45) is 5.19. The molecule has 1 aliphatic carbocycles. The summed E-state index contributed by atoms with van der Waals surface area (Å²) in [6, 6.07) is 0.257. The summed E-state index contributed by atoms with van der Waals surface area (Å²) in [6.45, 7) is 0.483. The van der Waals surface area contributed by atoms with Crippen LogP contribution in [0.3, 0.4) is 0 Å². The van der Waals surface area contributed by atoms with Gasteiger partial charge in [-0.1, -0.05) is 6.42 Å². The minimum atomic E-state index is -0.0330. The van der Waals surface area contributed by atoms with Gasteiger partial charge < -0.3 is 16.0 Å². The highest BCUT2D eigenvalue weighted by Crippen LogP contribution is 2.26. The van der Waals surface area contributed by atoms with Crippen LogP contribution in [-0.4, -0.2) is 43.4 Å². The summed E-state index contributed by atoms with van der Waals surface area (Å²) < 4.78 is 0. The van der Waals surface area contributed by atoms with Crippen LogP contribution in [0.4, 0.5) is 0 Å². The zero-order valence-corrected chi connectivity index (χ0v) is 11.4. The van der Waals surface area contributed by atoms with E-state index in [0.29, 0.717) is 25.3 Å². The molecule has 5 nitrogen and oxygen atoms in total. The summed E-state index contributed by atoms with van der Waals surface area (Å²) in [5.74, 6) is 0.510. The zero-order valence-electron chi connectivity index (χ0n) is 11.4. The largest absolute Gasteiger partial charge is 0.359 e. The summed E-state index contributed by atoms with van der Waals surface area (Å²) in [7, 11) is 3.36. The summed E-state index contributed by atoms with van der Waals surface area (Å²) in [5, 5.41) is 2.55. The van der Waals surface area contributed by atoms with Crippen LogP contribution in [0.15, 0.2) is 0 Å². The molecular weight excluding hydrogens is 230 g/mol. The molecule has 0 spiro atoms. The molecule has 1 aliphatic rings. The van der Waals surface area contributed by atoms with Crippen molar-refractivity contribution in [2.45, 2.75) is 44.6 Å². The fraction of sp³-hybridized carbons (Fsp3) is 0.846. The molecule has 5 heteroatoms. The Morgan fingerprint density at radius 1 is 1.39 bits per heavy atom. The van der Waals surface area contributed by atoms with Crippen molar-refractivity contribution in [3.05, 3.63) is 0 Å². The highest BCUT2D eigenvalue weighted by molar-refractivity contribution is 5.78. The topological polar surface area (TPSA) is 75.4 Å². The van der Waals surface area contributed by atoms with Crippen LogP contribution in [-0.2, 0) is 9.59 Å². The maximum atomic E-state index is 12.0. The Kier molecular flexibility index (Phi) is 6.12. The monoisotopic (exact) mass is 255 g/mol. The van der Waals surface area contributed by atoms with Crippen molar-refractivity contribution in [3.8, 4) is 0 Å². The van der Waals surface area contributed by atoms with Crippen molar-refractivity contribution >= 4 is 11.8 Å². The molecule has 0 heterocycles. The molecule has 1 saturated carbocycles. The molecule has 2 unspecified atom stereocenters. The molecule has 104 valence electrons. The molecule has 18 heavy (non-hydrogen) atoms. The van der Waals surface area contributed by atoms with Gasteiger partial charge in [-0.2, -0.15) is 0 Å². The van der Waals surface area contributed by atoms with Crippen LogP contribution in [0, 0.1) is 5.92 Å². The van der Waals surface area contributed by atoms with Crippen LogP contribution in [0.2, 0.25) is 0 Å². The van der Waals surface area contributed by atoms with Gasteiger partial charge in [0, 0.05) is 39.5 Å². The quantitative estimate of drug-likeness (QED) is 0.750. The predicted molar refractivity (Wildman–Crippen MR) is 70.9 cm³/mol. The zero-order chi connectivity index (χ0) is 13.5. The Morgan fingerprint density at radius 3 is 2.72 bits per heavy atom. The molecular formula is C13H25N3O2. The first-order valence-corrected chi connectivity index (χ1v) is 6.73. The third kappa shape index (κ3) is 5.04. The predicted octanol–water partition coefficient (Wildman–Crippen LogP) is 0.489. The van der Waals surface area contributed by atoms with Gasteiger partial charge in [-0.05, 0) is 25.2 Å². The van der Waals surface area contributed by atoms with Crippen molar-refractivity contribution in [2.75, 3.05) is 20.6 Å². The molecule has 2 amide bonds. The molecule has 0 bridgehead atoms. The minimum absolute atomic E-state index is 0.0330. The fourth-order valence-electron chi connectivity index (χ4n) is 2.44. The van der Waals surface area contributed by atoms with Gasteiger partial charge in [0.2, 0.25) is 11.8 Å². The number of nitrogens with two attached hydrogens (primary N) is 1. The second-order valence-corrected chi connectivity index (χ2v) is 5.24. The van der Waals surface area contributed by atoms with E-state index >= 15 is 0 Å². The van der Waals surface area contributed by atoms with E-state index in [1.165, 1.54) is 0 Å². The average Bonchev–Trinajstić information content (AvgIpc) is 2.35. The second-order valence-electron chi connectivity index (χ2n) is 5.24. The van der Waals surface area contributed by atoms with E-state index in [1.807, 2.05) is 0 Å². The second kappa shape index (κ2) is 7.36. The van der Waals surface area contributed by atoms with Crippen LogP contribution < -0.4 is 11.1 Å². The lowest BCUT2D eigenvalue weighted by molar-refractivity contribution is -0.131. The molecule has 1 rings (SSSR count). The first-order valence-electron chi connectivity index (χ1n) is 6.73. The lowest BCUT2D eigenvalue weighted by atomic mass is 9.84. The number of rotatable bonds is 5. The van der Waals surface area contributed by atoms with Gasteiger partial charge >= 0.3 is 0 Å². The number of amides is 2. The Labute approximate surface area is 109 Å². The van der Waals surface area contributed by atoms with E-state index in [4.69, 9.17) is 5.73 Å². The normalized spacial score (nSPS) is 23.5. The van der Waals surface area contributed by atoms with Gasteiger partial charge in [0.05, 0.1) is 0 Å². The van der Waals surface area contributed by atoms with Gasteiger partial charge in [-0.3, -0.25) is 9.59 Å². The van der Waals surface area contributed by atoms with Crippen molar-refractivity contribution in [1.29, 1.82) is 0 Å². The smallest absolute Gasteiger partial charge is 0.222 e. The number of nitrogens with one attached hydrogen (secondary N) is 1. The van der Waals surface area contributed by atoms with Crippen molar-refractivity contribution < 1.29 is 9.59 Å². The van der Waals surface area contributed by atoms with Crippen LogP contribution in [0.5, 0.6) is 0 Å². The van der Waals surface area contributed by atoms with Crippen LogP contribution in [0.25, 0.3) is 0 Å². The average molecular weight is 255 g/mol. The lowest BCUT2D eigenvalue weighted by Crippen LogP contribution is -2.34. The molecule has 0 aromatic carbocycles. The van der Waals surface area contributed by atoms with Gasteiger partial charge in [0.25, 0.3) is 0 Å². The van der Waals surface area contributed by atoms with Crippen LogP contribution in [0.1, 0.15) is 38.5 Å². The molecule has 0 radical (unpaired) electrons. The van der Waals surface area contributed by atoms with Crippen LogP contribution >= 0.6 is 0 Å². The first kappa shape index (κ1) is 15.0. The van der Waals surface area contributed by atoms with Crippen molar-refractivity contribution in [3.63, 3.8) is 0 Å². The summed E-state index contributed by atoms with van der Waals surface area (Å²) in [4.78, 5) is 24.7. The Morgan fingerprint density at radius 2 is 2.11 bits per heavy atom. The van der Waals surface area contributed by atoms with Gasteiger partial charge in [0.1, 0.15) is 0 Å². The van der Waals surface area contributed by atoms with Crippen molar-refractivity contribution in [2.24, 2.45) is 11.7 Å². The maximum Gasteiger partial charge on any atom is 0.222 e. The molecule has 0 saturated heterocycles. The molecule has 0 aromatic heterocycles. The molecule has 0 aromatic rings.